The van der Waals surface area contributed by atoms with Crippen LogP contribution in [0.2, 0.25) is 0 Å². The van der Waals surface area contributed by atoms with Gasteiger partial charge >= 0.3 is 0 Å². The van der Waals surface area contributed by atoms with Gasteiger partial charge in [0.1, 0.15) is 4.90 Å². The predicted molar refractivity (Wildman–Crippen MR) is 75.8 cm³/mol. The molecular formula is C11H17BrN2O5S. The number of ether oxygens (including phenoxy) is 1. The number of amides is 1. The van der Waals surface area contributed by atoms with Crippen molar-refractivity contribution in [1.29, 1.82) is 0 Å². The van der Waals surface area contributed by atoms with Crippen molar-refractivity contribution in [2.24, 2.45) is 5.14 Å². The molecule has 0 aliphatic heterocycles. The highest BCUT2D eigenvalue weighted by molar-refractivity contribution is 9.10. The highest BCUT2D eigenvalue weighted by Gasteiger charge is 2.27. The van der Waals surface area contributed by atoms with Crippen molar-refractivity contribution in [3.63, 3.8) is 0 Å². The van der Waals surface area contributed by atoms with Crippen molar-refractivity contribution < 1.29 is 22.4 Å². The lowest BCUT2D eigenvalue weighted by atomic mass is 10.2. The molecule has 1 amide bonds. The minimum atomic E-state index is -3.95. The van der Waals surface area contributed by atoms with Gasteiger partial charge in [-0.3, -0.25) is 4.79 Å². The molecule has 0 saturated heterocycles. The van der Waals surface area contributed by atoms with E-state index in [0.717, 1.165) is 6.07 Å². The Morgan fingerprint density at radius 2 is 2.20 bits per heavy atom. The number of nitrogens with two attached hydrogens (primary N) is 1. The molecule has 9 heteroatoms. The third kappa shape index (κ3) is 3.81. The fourth-order valence-corrected chi connectivity index (χ4v) is 3.28. The summed E-state index contributed by atoms with van der Waals surface area (Å²) in [4.78, 5) is 13.6. The summed E-state index contributed by atoms with van der Waals surface area (Å²) in [6.45, 7) is 4.43. The van der Waals surface area contributed by atoms with Crippen molar-refractivity contribution in [3.05, 3.63) is 16.5 Å². The Morgan fingerprint density at radius 1 is 1.60 bits per heavy atom. The number of primary sulfonamides is 1. The molecule has 1 aromatic heterocycles. The van der Waals surface area contributed by atoms with E-state index < -0.39 is 15.9 Å². The van der Waals surface area contributed by atoms with Gasteiger partial charge in [-0.15, -0.1) is 0 Å². The Hall–Kier alpha value is -0.900. The molecule has 0 aliphatic carbocycles. The van der Waals surface area contributed by atoms with Crippen LogP contribution in [0.15, 0.2) is 20.0 Å². The number of hydrogen-bond acceptors (Lipinski definition) is 5. The maximum Gasteiger partial charge on any atom is 0.289 e. The van der Waals surface area contributed by atoms with Gasteiger partial charge in [-0.1, -0.05) is 0 Å². The van der Waals surface area contributed by atoms with Crippen LogP contribution in [0.3, 0.4) is 0 Å². The second-order valence-corrected chi connectivity index (χ2v) is 6.44. The number of furan rings is 1. The maximum absolute atomic E-state index is 12.3. The molecule has 1 rings (SSSR count). The smallest absolute Gasteiger partial charge is 0.289 e. The first-order valence-corrected chi connectivity index (χ1v) is 8.18. The average molecular weight is 369 g/mol. The average Bonchev–Trinajstić information content (AvgIpc) is 2.72. The molecule has 1 unspecified atom stereocenters. The Bertz CT molecular complexity index is 584. The van der Waals surface area contributed by atoms with Gasteiger partial charge in [-0.2, -0.15) is 0 Å². The van der Waals surface area contributed by atoms with E-state index in [4.69, 9.17) is 14.3 Å². The van der Waals surface area contributed by atoms with Crippen molar-refractivity contribution in [2.75, 3.05) is 20.3 Å². The first-order valence-electron chi connectivity index (χ1n) is 5.84. The van der Waals surface area contributed by atoms with Gasteiger partial charge in [0.05, 0.1) is 12.6 Å². The highest BCUT2D eigenvalue weighted by atomic mass is 79.9. The third-order valence-electron chi connectivity index (χ3n) is 2.71. The van der Waals surface area contributed by atoms with Crippen LogP contribution in [0.25, 0.3) is 0 Å². The number of hydrogen-bond donors (Lipinski definition) is 1. The second-order valence-electron chi connectivity index (χ2n) is 4.19. The lowest BCUT2D eigenvalue weighted by Crippen LogP contribution is -2.40. The van der Waals surface area contributed by atoms with Gasteiger partial charge in [0.15, 0.2) is 10.4 Å². The Morgan fingerprint density at radius 3 is 2.60 bits per heavy atom. The fraction of sp³-hybridized carbons (Fsp3) is 0.545. The molecule has 1 atom stereocenters. The first-order chi connectivity index (χ1) is 9.22. The molecule has 2 N–H and O–H groups in total. The summed E-state index contributed by atoms with van der Waals surface area (Å²) < 4.78 is 32.7. The highest BCUT2D eigenvalue weighted by Crippen LogP contribution is 2.26. The van der Waals surface area contributed by atoms with E-state index >= 15 is 0 Å². The quantitative estimate of drug-likeness (QED) is 0.811. The molecule has 0 bridgehead atoms. The van der Waals surface area contributed by atoms with Gasteiger partial charge in [0, 0.05) is 19.7 Å². The van der Waals surface area contributed by atoms with E-state index in [9.17, 15) is 13.2 Å². The van der Waals surface area contributed by atoms with E-state index in [1.807, 2.05) is 13.8 Å². The zero-order valence-electron chi connectivity index (χ0n) is 11.4. The van der Waals surface area contributed by atoms with Crippen molar-refractivity contribution in [3.8, 4) is 0 Å². The minimum Gasteiger partial charge on any atom is -0.443 e. The number of carbonyl (C=O) groups is 1. The SMILES string of the molecule is CCN(C(=O)c1cc(S(N)(=O)=O)c(Br)o1)C(C)COC. The molecule has 0 fully saturated rings. The molecule has 0 spiro atoms. The zero-order chi connectivity index (χ0) is 15.5. The topological polar surface area (TPSA) is 103 Å². The van der Waals surface area contributed by atoms with E-state index in [0.29, 0.717) is 13.2 Å². The number of sulfonamides is 1. The summed E-state index contributed by atoms with van der Waals surface area (Å²) in [5.74, 6) is -0.515. The molecule has 114 valence electrons. The number of carbonyl (C=O) groups excluding carboxylic acids is 1. The monoisotopic (exact) mass is 368 g/mol. The molecule has 1 aromatic rings. The molecule has 1 heterocycles. The fourth-order valence-electron chi connectivity index (χ4n) is 1.78. The summed E-state index contributed by atoms with van der Waals surface area (Å²) in [6.07, 6.45) is 0. The number of rotatable bonds is 6. The van der Waals surface area contributed by atoms with Crippen LogP contribution in [0.1, 0.15) is 24.4 Å². The van der Waals surface area contributed by atoms with E-state index in [1.165, 1.54) is 12.0 Å². The second kappa shape index (κ2) is 6.70. The zero-order valence-corrected chi connectivity index (χ0v) is 13.8. The van der Waals surface area contributed by atoms with E-state index in [1.54, 1.807) is 0 Å². The van der Waals surface area contributed by atoms with Gasteiger partial charge in [0.25, 0.3) is 5.91 Å². The first kappa shape index (κ1) is 17.2. The van der Waals surface area contributed by atoms with E-state index in [-0.39, 0.29) is 21.4 Å². The van der Waals surface area contributed by atoms with Crippen molar-refractivity contribution in [1.82, 2.24) is 4.90 Å². The number of methoxy groups -OCH3 is 1. The Labute approximate surface area is 126 Å². The van der Waals surface area contributed by atoms with Crippen molar-refractivity contribution >= 4 is 31.9 Å². The molecule has 7 nitrogen and oxygen atoms in total. The van der Waals surface area contributed by atoms with Crippen LogP contribution in [-0.4, -0.2) is 45.5 Å². The molecular weight excluding hydrogens is 352 g/mol. The van der Waals surface area contributed by atoms with Gasteiger partial charge in [0.2, 0.25) is 10.0 Å². The van der Waals surface area contributed by atoms with Crippen LogP contribution in [0, 0.1) is 0 Å². The minimum absolute atomic E-state index is 0.0844. The Kier molecular flexibility index (Phi) is 5.75. The number of likely N-dealkylation sites (N-methyl/N-ethyl adjacent to an activating group) is 1. The Balaban J connectivity index is 3.08. The van der Waals surface area contributed by atoms with E-state index in [2.05, 4.69) is 15.9 Å². The molecule has 20 heavy (non-hydrogen) atoms. The van der Waals surface area contributed by atoms with Crippen LogP contribution >= 0.6 is 15.9 Å². The number of nitrogens with zero attached hydrogens (tertiary/aromatic N) is 1. The molecule has 0 aliphatic rings. The third-order valence-corrected chi connectivity index (χ3v) is 4.48. The lowest BCUT2D eigenvalue weighted by molar-refractivity contribution is 0.0548. The summed E-state index contributed by atoms with van der Waals surface area (Å²) >= 11 is 2.94. The summed E-state index contributed by atoms with van der Waals surface area (Å²) in [7, 11) is -2.41. The molecule has 0 aromatic carbocycles. The van der Waals surface area contributed by atoms with Gasteiger partial charge in [-0.05, 0) is 29.8 Å². The standard InChI is InChI=1S/C11H17BrN2O5S/c1-4-14(7(2)6-18-3)11(15)8-5-9(10(12)19-8)20(13,16)17/h5,7H,4,6H2,1-3H3,(H2,13,16,17). The summed E-state index contributed by atoms with van der Waals surface area (Å²) in [6, 6.07) is 0.948. The van der Waals surface area contributed by atoms with Crippen LogP contribution in [0.5, 0.6) is 0 Å². The predicted octanol–water partition coefficient (Wildman–Crippen LogP) is 1.19. The maximum atomic E-state index is 12.3. The van der Waals surface area contributed by atoms with Crippen molar-refractivity contribution in [2.45, 2.75) is 24.8 Å². The van der Waals surface area contributed by atoms with Gasteiger partial charge in [-0.25, -0.2) is 13.6 Å². The molecule has 0 saturated carbocycles. The van der Waals surface area contributed by atoms with Gasteiger partial charge < -0.3 is 14.1 Å². The summed E-state index contributed by atoms with van der Waals surface area (Å²) in [5.41, 5.74) is 0. The van der Waals surface area contributed by atoms with Crippen LogP contribution in [-0.2, 0) is 14.8 Å². The normalized spacial score (nSPS) is 13.2. The largest absolute Gasteiger partial charge is 0.443 e. The molecule has 0 radical (unpaired) electrons. The lowest BCUT2D eigenvalue weighted by Gasteiger charge is -2.26. The van der Waals surface area contributed by atoms with Crippen LogP contribution < -0.4 is 5.14 Å². The van der Waals surface area contributed by atoms with Crippen LogP contribution in [0.4, 0.5) is 0 Å². The summed E-state index contributed by atoms with van der Waals surface area (Å²) in [5, 5.41) is 5.02. The number of halogens is 1.